The predicted octanol–water partition coefficient (Wildman–Crippen LogP) is 4.68. The fraction of sp³-hybridized carbons (Fsp3) is 0.350. The van der Waals surface area contributed by atoms with Crippen LogP contribution in [0.1, 0.15) is 29.2 Å². The van der Waals surface area contributed by atoms with Crippen LogP contribution in [0.4, 0.5) is 5.69 Å². The Morgan fingerprint density at radius 2 is 1.79 bits per heavy atom. The van der Waals surface area contributed by atoms with Gasteiger partial charge in [0.25, 0.3) is 0 Å². The number of phenols is 1. The highest BCUT2D eigenvalue weighted by atomic mass is 32.1. The minimum Gasteiger partial charge on any atom is -0.507 e. The van der Waals surface area contributed by atoms with E-state index in [1.165, 1.54) is 0 Å². The smallest absolute Gasteiger partial charge is 0.179 e. The van der Waals surface area contributed by atoms with Gasteiger partial charge < -0.3 is 14.7 Å². The first-order chi connectivity index (χ1) is 11.5. The second-order valence-corrected chi connectivity index (χ2v) is 6.78. The van der Waals surface area contributed by atoms with Gasteiger partial charge in [0.15, 0.2) is 6.23 Å². The number of rotatable bonds is 3. The van der Waals surface area contributed by atoms with Crippen molar-refractivity contribution < 1.29 is 9.84 Å². The average Bonchev–Trinajstić information content (AvgIpc) is 2.60. The third kappa shape index (κ3) is 2.65. The first kappa shape index (κ1) is 16.8. The lowest BCUT2D eigenvalue weighted by atomic mass is 9.88. The summed E-state index contributed by atoms with van der Waals surface area (Å²) in [4.78, 5) is 2.01. The summed E-state index contributed by atoms with van der Waals surface area (Å²) in [6, 6.07) is 10.1. The number of nitrogens with zero attached hydrogens (tertiary/aromatic N) is 1. The maximum absolute atomic E-state index is 10.3. The molecule has 1 aliphatic rings. The zero-order valence-corrected chi connectivity index (χ0v) is 15.4. The molecule has 3 nitrogen and oxygen atoms in total. The van der Waals surface area contributed by atoms with E-state index in [1.807, 2.05) is 56.0 Å². The Morgan fingerprint density at radius 1 is 1.12 bits per heavy atom. The molecule has 2 atom stereocenters. The van der Waals surface area contributed by atoms with Crippen molar-refractivity contribution >= 4 is 23.4 Å². The summed E-state index contributed by atoms with van der Waals surface area (Å²) in [7, 11) is 0. The SMILES string of the molecule is Cc1c(C)c2c(c(C)c1O)CC(C)C(N(C=S)c1ccccc1)O2. The van der Waals surface area contributed by atoms with Crippen molar-refractivity contribution in [3.63, 3.8) is 0 Å². The molecule has 4 heteroatoms. The first-order valence-electron chi connectivity index (χ1n) is 8.22. The standard InChI is InChI=1S/C20H23NO2S/c1-12-10-17-15(4)18(22)13(2)14(3)19(17)23-20(12)21(11-24)16-8-6-5-7-9-16/h5-9,11-12,20,22H,10H2,1-4H3. The van der Waals surface area contributed by atoms with E-state index in [4.69, 9.17) is 17.0 Å². The molecule has 0 saturated carbocycles. The van der Waals surface area contributed by atoms with Crippen LogP contribution in [-0.4, -0.2) is 16.8 Å². The van der Waals surface area contributed by atoms with Gasteiger partial charge in [0.2, 0.25) is 0 Å². The average molecular weight is 341 g/mol. The molecule has 1 heterocycles. The van der Waals surface area contributed by atoms with Gasteiger partial charge >= 0.3 is 0 Å². The van der Waals surface area contributed by atoms with Crippen LogP contribution >= 0.6 is 12.2 Å². The van der Waals surface area contributed by atoms with Gasteiger partial charge in [-0.1, -0.05) is 37.3 Å². The van der Waals surface area contributed by atoms with Crippen molar-refractivity contribution in [2.75, 3.05) is 4.90 Å². The Bertz CT molecular complexity index is 773. The van der Waals surface area contributed by atoms with Crippen LogP contribution in [0.3, 0.4) is 0 Å². The maximum Gasteiger partial charge on any atom is 0.179 e. The van der Waals surface area contributed by atoms with Crippen molar-refractivity contribution in [1.82, 2.24) is 0 Å². The number of aromatic hydroxyl groups is 1. The minimum absolute atomic E-state index is 0.153. The Labute approximate surface area is 148 Å². The molecule has 2 unspecified atom stereocenters. The van der Waals surface area contributed by atoms with Crippen LogP contribution in [0.5, 0.6) is 11.5 Å². The van der Waals surface area contributed by atoms with Crippen LogP contribution < -0.4 is 9.64 Å². The largest absolute Gasteiger partial charge is 0.507 e. The summed E-state index contributed by atoms with van der Waals surface area (Å²) >= 11 is 5.27. The van der Waals surface area contributed by atoms with Crippen molar-refractivity contribution in [2.24, 2.45) is 5.92 Å². The Balaban J connectivity index is 2.05. The molecule has 0 bridgehead atoms. The van der Waals surface area contributed by atoms with Gasteiger partial charge in [-0.25, -0.2) is 0 Å². The lowest BCUT2D eigenvalue weighted by molar-refractivity contribution is 0.130. The van der Waals surface area contributed by atoms with Gasteiger partial charge in [-0.2, -0.15) is 0 Å². The Kier molecular flexibility index (Phi) is 4.50. The van der Waals surface area contributed by atoms with Gasteiger partial charge in [-0.05, 0) is 56.0 Å². The molecule has 126 valence electrons. The number of fused-ring (bicyclic) bond motifs is 1. The molecule has 0 saturated heterocycles. The molecule has 0 fully saturated rings. The van der Waals surface area contributed by atoms with Crippen molar-refractivity contribution in [1.29, 1.82) is 0 Å². The molecule has 1 aliphatic heterocycles. The first-order valence-corrected chi connectivity index (χ1v) is 8.69. The minimum atomic E-state index is -0.153. The monoisotopic (exact) mass is 341 g/mol. The Hall–Kier alpha value is -2.07. The predicted molar refractivity (Wildman–Crippen MR) is 102 cm³/mol. The number of thiocarbonyl (C=S) groups is 1. The van der Waals surface area contributed by atoms with E-state index in [0.717, 1.165) is 40.1 Å². The van der Waals surface area contributed by atoms with E-state index in [-0.39, 0.29) is 12.1 Å². The normalized spacial score (nSPS) is 19.3. The molecule has 0 aliphatic carbocycles. The number of hydrogen-bond donors (Lipinski definition) is 1. The summed E-state index contributed by atoms with van der Waals surface area (Å²) in [5.41, 5.74) is 6.61. The lowest BCUT2D eigenvalue weighted by Crippen LogP contribution is -2.46. The van der Waals surface area contributed by atoms with Gasteiger partial charge in [0.05, 0.1) is 5.49 Å². The van der Waals surface area contributed by atoms with Crippen LogP contribution in [0.25, 0.3) is 0 Å². The number of hydrogen-bond acceptors (Lipinski definition) is 3. The van der Waals surface area contributed by atoms with E-state index in [2.05, 4.69) is 6.92 Å². The second-order valence-electron chi connectivity index (χ2n) is 6.57. The molecule has 0 spiro atoms. The molecule has 24 heavy (non-hydrogen) atoms. The quantitative estimate of drug-likeness (QED) is 0.822. The van der Waals surface area contributed by atoms with Gasteiger partial charge in [-0.15, -0.1) is 0 Å². The lowest BCUT2D eigenvalue weighted by Gasteiger charge is -2.39. The molecule has 0 amide bonds. The van der Waals surface area contributed by atoms with Crippen LogP contribution in [0.2, 0.25) is 0 Å². The van der Waals surface area contributed by atoms with E-state index in [9.17, 15) is 5.11 Å². The maximum atomic E-state index is 10.3. The van der Waals surface area contributed by atoms with Crippen molar-refractivity contribution in [3.05, 3.63) is 52.6 Å². The molecule has 3 rings (SSSR count). The molecular weight excluding hydrogens is 318 g/mol. The summed E-state index contributed by atoms with van der Waals surface area (Å²) in [6.07, 6.45) is 0.701. The van der Waals surface area contributed by atoms with Crippen LogP contribution in [0, 0.1) is 26.7 Å². The summed E-state index contributed by atoms with van der Waals surface area (Å²) in [5.74, 6) is 1.52. The number of ether oxygens (including phenoxy) is 1. The molecule has 1 N–H and O–H groups in total. The van der Waals surface area contributed by atoms with Crippen molar-refractivity contribution in [2.45, 2.75) is 40.3 Å². The van der Waals surface area contributed by atoms with Gasteiger partial charge in [0.1, 0.15) is 11.5 Å². The topological polar surface area (TPSA) is 32.7 Å². The number of benzene rings is 2. The van der Waals surface area contributed by atoms with Gasteiger partial charge in [-0.3, -0.25) is 0 Å². The summed E-state index contributed by atoms with van der Waals surface area (Å²) in [5, 5.41) is 10.3. The van der Waals surface area contributed by atoms with Crippen LogP contribution in [-0.2, 0) is 6.42 Å². The second kappa shape index (κ2) is 6.44. The summed E-state index contributed by atoms with van der Waals surface area (Å²) < 4.78 is 6.42. The zero-order chi connectivity index (χ0) is 17.4. The van der Waals surface area contributed by atoms with E-state index < -0.39 is 0 Å². The van der Waals surface area contributed by atoms with Crippen molar-refractivity contribution in [3.8, 4) is 11.5 Å². The highest BCUT2D eigenvalue weighted by Crippen LogP contribution is 2.43. The van der Waals surface area contributed by atoms with Gasteiger partial charge in [0, 0.05) is 17.2 Å². The third-order valence-electron chi connectivity index (χ3n) is 5.03. The fourth-order valence-corrected chi connectivity index (χ4v) is 3.67. The fourth-order valence-electron chi connectivity index (χ4n) is 3.43. The van der Waals surface area contributed by atoms with E-state index in [1.54, 1.807) is 5.49 Å². The van der Waals surface area contributed by atoms with E-state index in [0.29, 0.717) is 5.75 Å². The third-order valence-corrected chi connectivity index (χ3v) is 5.26. The molecule has 0 radical (unpaired) electrons. The molecule has 2 aromatic carbocycles. The molecular formula is C20H23NO2S. The number of anilines is 1. The zero-order valence-electron chi connectivity index (χ0n) is 14.5. The van der Waals surface area contributed by atoms with E-state index >= 15 is 0 Å². The number of para-hydroxylation sites is 1. The molecule has 0 aromatic heterocycles. The highest BCUT2D eigenvalue weighted by molar-refractivity contribution is 7.79. The van der Waals surface area contributed by atoms with Crippen LogP contribution in [0.15, 0.2) is 30.3 Å². The summed E-state index contributed by atoms with van der Waals surface area (Å²) in [6.45, 7) is 8.06. The highest BCUT2D eigenvalue weighted by Gasteiger charge is 2.34. The number of phenolic OH excluding ortho intramolecular Hbond substituents is 1. The molecule has 2 aromatic rings. The Morgan fingerprint density at radius 3 is 2.42 bits per heavy atom.